The standard InChI is InChI=1S/C24H24ClFN6/c25-19-14-18(10-11-20(19)26)30-24-22(15-4-2-1-3-5-15)23(31-21-12-13-28-32(21)24)29-17-8-6-16(27)7-9-17/h1-5,10-14,16-17,30H,6-9,27H2,(H,29,31). The Bertz CT molecular complexity index is 1230. The van der Waals surface area contributed by atoms with Gasteiger partial charge in [0.1, 0.15) is 17.5 Å². The van der Waals surface area contributed by atoms with Gasteiger partial charge >= 0.3 is 0 Å². The lowest BCUT2D eigenvalue weighted by molar-refractivity contribution is 0.410. The fourth-order valence-corrected chi connectivity index (χ4v) is 4.39. The third-order valence-electron chi connectivity index (χ3n) is 5.89. The smallest absolute Gasteiger partial charge is 0.159 e. The maximum atomic E-state index is 13.7. The molecule has 0 spiro atoms. The summed E-state index contributed by atoms with van der Waals surface area (Å²) in [6, 6.07) is 17.0. The first kappa shape index (κ1) is 20.7. The van der Waals surface area contributed by atoms with Gasteiger partial charge in [-0.05, 0) is 49.4 Å². The van der Waals surface area contributed by atoms with Crippen molar-refractivity contribution < 1.29 is 4.39 Å². The van der Waals surface area contributed by atoms with Gasteiger partial charge in [-0.15, -0.1) is 0 Å². The molecule has 0 saturated heterocycles. The van der Waals surface area contributed by atoms with E-state index in [1.807, 2.05) is 36.4 Å². The molecule has 4 aromatic rings. The molecule has 1 saturated carbocycles. The van der Waals surface area contributed by atoms with Gasteiger partial charge in [0.15, 0.2) is 5.65 Å². The van der Waals surface area contributed by atoms with E-state index in [4.69, 9.17) is 22.3 Å². The molecule has 0 bridgehead atoms. The topological polar surface area (TPSA) is 80.3 Å². The molecule has 4 N–H and O–H groups in total. The lowest BCUT2D eigenvalue weighted by atomic mass is 9.91. The van der Waals surface area contributed by atoms with Gasteiger partial charge < -0.3 is 16.4 Å². The molecule has 1 fully saturated rings. The van der Waals surface area contributed by atoms with E-state index in [0.29, 0.717) is 17.4 Å². The predicted octanol–water partition coefficient (Wildman–Crippen LogP) is 5.61. The van der Waals surface area contributed by atoms with Crippen molar-refractivity contribution in [2.75, 3.05) is 10.6 Å². The number of anilines is 3. The molecule has 0 aliphatic heterocycles. The Kier molecular flexibility index (Phi) is 5.68. The van der Waals surface area contributed by atoms with Crippen molar-refractivity contribution in [3.05, 3.63) is 71.6 Å². The van der Waals surface area contributed by atoms with Crippen LogP contribution in [-0.2, 0) is 0 Å². The third kappa shape index (κ3) is 4.13. The van der Waals surface area contributed by atoms with Gasteiger partial charge in [-0.2, -0.15) is 9.61 Å². The van der Waals surface area contributed by atoms with Crippen LogP contribution < -0.4 is 16.4 Å². The number of nitrogens with one attached hydrogen (secondary N) is 2. The molecule has 2 aromatic heterocycles. The average molecular weight is 451 g/mol. The summed E-state index contributed by atoms with van der Waals surface area (Å²) in [4.78, 5) is 4.89. The van der Waals surface area contributed by atoms with Crippen molar-refractivity contribution >= 4 is 34.6 Å². The van der Waals surface area contributed by atoms with E-state index in [1.54, 1.807) is 22.8 Å². The number of nitrogens with zero attached hydrogens (tertiary/aromatic N) is 3. The monoisotopic (exact) mass is 450 g/mol. The Hall–Kier alpha value is -3.16. The highest BCUT2D eigenvalue weighted by Crippen LogP contribution is 2.38. The van der Waals surface area contributed by atoms with E-state index < -0.39 is 5.82 Å². The fraction of sp³-hybridized carbons (Fsp3) is 0.250. The summed E-state index contributed by atoms with van der Waals surface area (Å²) in [5, 5.41) is 11.6. The number of rotatable bonds is 5. The maximum absolute atomic E-state index is 13.7. The number of nitrogens with two attached hydrogens (primary N) is 1. The molecule has 0 atom stereocenters. The average Bonchev–Trinajstić information content (AvgIpc) is 3.27. The molecule has 1 aliphatic rings. The molecule has 6 nitrogen and oxygen atoms in total. The summed E-state index contributed by atoms with van der Waals surface area (Å²) < 4.78 is 15.5. The molecular formula is C24H24ClFN6. The van der Waals surface area contributed by atoms with Crippen LogP contribution in [0.2, 0.25) is 5.02 Å². The number of hydrogen-bond donors (Lipinski definition) is 3. The Labute approximate surface area is 190 Å². The largest absolute Gasteiger partial charge is 0.367 e. The molecule has 5 rings (SSSR count). The van der Waals surface area contributed by atoms with Gasteiger partial charge in [-0.1, -0.05) is 41.9 Å². The van der Waals surface area contributed by atoms with Crippen molar-refractivity contribution in [3.8, 4) is 11.1 Å². The number of hydrogen-bond acceptors (Lipinski definition) is 5. The van der Waals surface area contributed by atoms with E-state index in [0.717, 1.165) is 48.4 Å². The minimum atomic E-state index is -0.461. The second kappa shape index (κ2) is 8.76. The molecule has 0 amide bonds. The Morgan fingerprint density at radius 2 is 1.81 bits per heavy atom. The van der Waals surface area contributed by atoms with Crippen LogP contribution in [0.3, 0.4) is 0 Å². The van der Waals surface area contributed by atoms with Crippen LogP contribution >= 0.6 is 11.6 Å². The van der Waals surface area contributed by atoms with Gasteiger partial charge in [0.25, 0.3) is 0 Å². The molecule has 0 unspecified atom stereocenters. The van der Waals surface area contributed by atoms with Crippen LogP contribution in [0.1, 0.15) is 25.7 Å². The van der Waals surface area contributed by atoms with Gasteiger partial charge in [0, 0.05) is 23.8 Å². The van der Waals surface area contributed by atoms with Crippen molar-refractivity contribution in [2.24, 2.45) is 5.73 Å². The summed E-state index contributed by atoms with van der Waals surface area (Å²) in [7, 11) is 0. The van der Waals surface area contributed by atoms with E-state index in [9.17, 15) is 4.39 Å². The zero-order valence-electron chi connectivity index (χ0n) is 17.4. The van der Waals surface area contributed by atoms with E-state index in [2.05, 4.69) is 15.7 Å². The summed E-state index contributed by atoms with van der Waals surface area (Å²) in [5.74, 6) is 1.04. The molecule has 2 aromatic carbocycles. The molecule has 32 heavy (non-hydrogen) atoms. The second-order valence-electron chi connectivity index (χ2n) is 8.16. The molecule has 164 valence electrons. The first-order valence-electron chi connectivity index (χ1n) is 10.8. The summed E-state index contributed by atoms with van der Waals surface area (Å²) in [5.41, 5.74) is 9.34. The highest BCUT2D eigenvalue weighted by Gasteiger charge is 2.23. The van der Waals surface area contributed by atoms with Gasteiger partial charge in [0.05, 0.1) is 16.8 Å². The van der Waals surface area contributed by atoms with E-state index in [1.165, 1.54) is 6.07 Å². The Morgan fingerprint density at radius 3 is 2.56 bits per heavy atom. The number of halogens is 2. The minimum absolute atomic E-state index is 0.0546. The number of fused-ring (bicyclic) bond motifs is 1. The van der Waals surface area contributed by atoms with E-state index >= 15 is 0 Å². The van der Waals surface area contributed by atoms with Gasteiger partial charge in [-0.3, -0.25) is 0 Å². The molecule has 8 heteroatoms. The summed E-state index contributed by atoms with van der Waals surface area (Å²) in [6.07, 6.45) is 5.69. The Balaban J connectivity index is 1.64. The van der Waals surface area contributed by atoms with Gasteiger partial charge in [-0.25, -0.2) is 9.37 Å². The lowest BCUT2D eigenvalue weighted by Crippen LogP contribution is -2.33. The van der Waals surface area contributed by atoms with Crippen molar-refractivity contribution in [3.63, 3.8) is 0 Å². The van der Waals surface area contributed by atoms with E-state index in [-0.39, 0.29) is 11.1 Å². The number of aromatic nitrogens is 3. The first-order valence-corrected chi connectivity index (χ1v) is 11.1. The lowest BCUT2D eigenvalue weighted by Gasteiger charge is -2.28. The first-order chi connectivity index (χ1) is 15.6. The van der Waals surface area contributed by atoms with Crippen LogP contribution in [0, 0.1) is 5.82 Å². The maximum Gasteiger partial charge on any atom is 0.159 e. The second-order valence-corrected chi connectivity index (χ2v) is 8.57. The Morgan fingerprint density at radius 1 is 1.03 bits per heavy atom. The van der Waals surface area contributed by atoms with Crippen molar-refractivity contribution in [1.82, 2.24) is 14.6 Å². The molecule has 2 heterocycles. The van der Waals surface area contributed by atoms with Crippen LogP contribution in [0.5, 0.6) is 0 Å². The normalized spacial score (nSPS) is 18.6. The molecular weight excluding hydrogens is 427 g/mol. The highest BCUT2D eigenvalue weighted by molar-refractivity contribution is 6.31. The zero-order valence-corrected chi connectivity index (χ0v) is 18.2. The van der Waals surface area contributed by atoms with Crippen LogP contribution in [0.25, 0.3) is 16.8 Å². The van der Waals surface area contributed by atoms with Crippen molar-refractivity contribution in [1.29, 1.82) is 0 Å². The predicted molar refractivity (Wildman–Crippen MR) is 127 cm³/mol. The van der Waals surface area contributed by atoms with Crippen LogP contribution in [-0.4, -0.2) is 26.7 Å². The summed E-state index contributed by atoms with van der Waals surface area (Å²) in [6.45, 7) is 0. The zero-order chi connectivity index (χ0) is 22.1. The van der Waals surface area contributed by atoms with Crippen LogP contribution in [0.4, 0.5) is 21.7 Å². The third-order valence-corrected chi connectivity index (χ3v) is 6.18. The summed E-state index contributed by atoms with van der Waals surface area (Å²) >= 11 is 6.03. The van der Waals surface area contributed by atoms with Crippen molar-refractivity contribution in [2.45, 2.75) is 37.8 Å². The highest BCUT2D eigenvalue weighted by atomic mass is 35.5. The number of benzene rings is 2. The fourth-order valence-electron chi connectivity index (χ4n) is 4.21. The minimum Gasteiger partial charge on any atom is -0.367 e. The van der Waals surface area contributed by atoms with Gasteiger partial charge in [0.2, 0.25) is 0 Å². The quantitative estimate of drug-likeness (QED) is 0.368. The molecule has 0 radical (unpaired) electrons. The SMILES string of the molecule is NC1CCC(Nc2nc3ccnn3c(Nc3ccc(F)c(Cl)c3)c2-c2ccccc2)CC1. The molecule has 1 aliphatic carbocycles. The van der Waals surface area contributed by atoms with Crippen LogP contribution in [0.15, 0.2) is 60.8 Å².